The third kappa shape index (κ3) is 4.02. The minimum Gasteiger partial charge on any atom is -0.356 e. The number of piperidine rings is 1. The average molecular weight is 484 g/mol. The van der Waals surface area contributed by atoms with Crippen molar-refractivity contribution in [3.05, 3.63) is 59.1 Å². The third-order valence-corrected chi connectivity index (χ3v) is 7.81. The molecule has 4 heterocycles. The van der Waals surface area contributed by atoms with Crippen LogP contribution in [0.2, 0.25) is 0 Å². The Balaban J connectivity index is 1.24. The molecule has 0 radical (unpaired) electrons. The molecule has 2 fully saturated rings. The Morgan fingerprint density at radius 3 is 2.54 bits per heavy atom. The van der Waals surface area contributed by atoms with Crippen LogP contribution in [0.3, 0.4) is 0 Å². The maximum atomic E-state index is 14.7. The zero-order valence-electron chi connectivity index (χ0n) is 19.6. The zero-order valence-corrected chi connectivity index (χ0v) is 19.6. The molecule has 1 N–H and O–H groups in total. The van der Waals surface area contributed by atoms with Gasteiger partial charge in [0, 0.05) is 48.9 Å². The lowest BCUT2D eigenvalue weighted by Crippen LogP contribution is -2.48. The van der Waals surface area contributed by atoms with Crippen molar-refractivity contribution in [3.8, 4) is 0 Å². The summed E-state index contributed by atoms with van der Waals surface area (Å²) in [6.45, 7) is 4.45. The lowest BCUT2D eigenvalue weighted by atomic mass is 9.92. The van der Waals surface area contributed by atoms with Gasteiger partial charge in [0.15, 0.2) is 17.5 Å². The van der Waals surface area contributed by atoms with E-state index in [0.717, 1.165) is 56.4 Å². The largest absolute Gasteiger partial charge is 0.356 e. The smallest absolute Gasteiger partial charge is 0.242 e. The zero-order chi connectivity index (χ0) is 24.1. The summed E-state index contributed by atoms with van der Waals surface area (Å²) in [7, 11) is 0. The van der Waals surface area contributed by atoms with Gasteiger partial charge in [-0.25, -0.2) is 27.8 Å². The van der Waals surface area contributed by atoms with Gasteiger partial charge in [-0.1, -0.05) is 12.5 Å². The Bertz CT molecular complexity index is 1230. The maximum Gasteiger partial charge on any atom is 0.242 e. The van der Waals surface area contributed by atoms with E-state index in [0.29, 0.717) is 36.6 Å². The summed E-state index contributed by atoms with van der Waals surface area (Å²) in [5.41, 5.74) is 1.10. The van der Waals surface area contributed by atoms with Gasteiger partial charge in [0.05, 0.1) is 0 Å². The molecule has 2 aliphatic heterocycles. The molecule has 1 aliphatic carbocycles. The van der Waals surface area contributed by atoms with Crippen LogP contribution >= 0.6 is 0 Å². The number of aryl methyl sites for hydroxylation is 2. The van der Waals surface area contributed by atoms with Crippen molar-refractivity contribution in [1.29, 1.82) is 0 Å². The number of nitrogens with one attached hydrogen (secondary N) is 1. The third-order valence-electron chi connectivity index (χ3n) is 7.81. The monoisotopic (exact) mass is 483 g/mol. The Labute approximate surface area is 201 Å². The number of hydrogen-bond acceptors (Lipinski definition) is 6. The molecule has 7 nitrogen and oxygen atoms in total. The highest BCUT2D eigenvalue weighted by molar-refractivity contribution is 5.42. The molecule has 6 rings (SSSR count). The van der Waals surface area contributed by atoms with E-state index >= 15 is 0 Å². The lowest BCUT2D eigenvalue weighted by Gasteiger charge is -2.38. The fourth-order valence-electron chi connectivity index (χ4n) is 6.09. The summed E-state index contributed by atoms with van der Waals surface area (Å²) < 4.78 is 44.0. The molecule has 1 saturated carbocycles. The van der Waals surface area contributed by atoms with Crippen LogP contribution in [0.25, 0.3) is 0 Å². The van der Waals surface area contributed by atoms with E-state index in [4.69, 9.17) is 10.1 Å². The van der Waals surface area contributed by atoms with Crippen LogP contribution in [-0.2, 0) is 6.54 Å². The topological polar surface area (TPSA) is 71.8 Å². The van der Waals surface area contributed by atoms with Crippen molar-refractivity contribution < 1.29 is 13.2 Å². The summed E-state index contributed by atoms with van der Waals surface area (Å²) in [6, 6.07) is 4.60. The van der Waals surface area contributed by atoms with Gasteiger partial charge < -0.3 is 10.2 Å². The van der Waals surface area contributed by atoms with Gasteiger partial charge in [-0.2, -0.15) is 4.98 Å². The van der Waals surface area contributed by atoms with Crippen molar-refractivity contribution >= 4 is 11.8 Å². The van der Waals surface area contributed by atoms with Crippen molar-refractivity contribution in [1.82, 2.24) is 24.7 Å². The van der Waals surface area contributed by atoms with Crippen LogP contribution < -0.4 is 10.2 Å². The van der Waals surface area contributed by atoms with Crippen molar-refractivity contribution in [3.63, 3.8) is 0 Å². The van der Waals surface area contributed by atoms with Crippen LogP contribution in [0.5, 0.6) is 0 Å². The van der Waals surface area contributed by atoms with Gasteiger partial charge in [0.2, 0.25) is 5.95 Å². The van der Waals surface area contributed by atoms with E-state index in [1.807, 2.05) is 13.0 Å². The Kier molecular flexibility index (Phi) is 5.61. The number of anilines is 2. The molecule has 1 aromatic carbocycles. The average Bonchev–Trinajstić information content (AvgIpc) is 3.25. The molecule has 0 unspecified atom stereocenters. The number of aromatic nitrogens is 5. The molecule has 0 spiro atoms. The van der Waals surface area contributed by atoms with E-state index in [9.17, 15) is 13.2 Å². The SMILES string of the molecule is Cc1cc(N2C[C@H]3CC[C@@H](C2)[C@@H]3Nc2nc3n(n2)CCCC[C@H]3c2ccc(F)c(F)c2F)ncn1. The second-order valence-corrected chi connectivity index (χ2v) is 10.0. The van der Waals surface area contributed by atoms with Gasteiger partial charge in [-0.05, 0) is 50.5 Å². The second kappa shape index (κ2) is 8.80. The van der Waals surface area contributed by atoms with E-state index in [1.54, 1.807) is 11.0 Å². The molecule has 3 aromatic rings. The fourth-order valence-corrected chi connectivity index (χ4v) is 6.09. The van der Waals surface area contributed by atoms with E-state index < -0.39 is 23.4 Å². The van der Waals surface area contributed by atoms with Gasteiger partial charge in [0.1, 0.15) is 18.0 Å². The summed E-state index contributed by atoms with van der Waals surface area (Å²) in [5.74, 6) is -1.23. The molecule has 10 heteroatoms. The minimum absolute atomic E-state index is 0.138. The normalized spacial score (nSPS) is 25.9. The minimum atomic E-state index is -1.43. The van der Waals surface area contributed by atoms with E-state index in [-0.39, 0.29) is 11.6 Å². The summed E-state index contributed by atoms with van der Waals surface area (Å²) in [5, 5.41) is 8.29. The van der Waals surface area contributed by atoms with Crippen LogP contribution in [0.1, 0.15) is 55.1 Å². The van der Waals surface area contributed by atoms with Gasteiger partial charge in [-0.15, -0.1) is 5.10 Å². The molecular weight excluding hydrogens is 455 g/mol. The van der Waals surface area contributed by atoms with Crippen LogP contribution in [-0.4, -0.2) is 43.9 Å². The van der Waals surface area contributed by atoms with Crippen LogP contribution in [0.15, 0.2) is 24.5 Å². The first kappa shape index (κ1) is 22.3. The molecule has 4 atom stereocenters. The molecule has 184 valence electrons. The predicted octanol–water partition coefficient (Wildman–Crippen LogP) is 4.44. The highest BCUT2D eigenvalue weighted by Crippen LogP contribution is 2.40. The molecule has 3 aliphatic rings. The van der Waals surface area contributed by atoms with Gasteiger partial charge >= 0.3 is 0 Å². The van der Waals surface area contributed by atoms with E-state index in [2.05, 4.69) is 20.2 Å². The quantitative estimate of drug-likeness (QED) is 0.554. The number of benzene rings is 1. The molecule has 2 bridgehead atoms. The molecule has 35 heavy (non-hydrogen) atoms. The number of hydrogen-bond donors (Lipinski definition) is 1. The Morgan fingerprint density at radius 2 is 1.77 bits per heavy atom. The first-order valence-corrected chi connectivity index (χ1v) is 12.4. The first-order chi connectivity index (χ1) is 17.0. The molecule has 0 amide bonds. The number of halogens is 3. The second-order valence-electron chi connectivity index (χ2n) is 10.0. The summed E-state index contributed by atoms with van der Waals surface area (Å²) in [6.07, 6.45) is 6.19. The summed E-state index contributed by atoms with van der Waals surface area (Å²) in [4.78, 5) is 15.8. The first-order valence-electron chi connectivity index (χ1n) is 12.4. The predicted molar refractivity (Wildman–Crippen MR) is 125 cm³/mol. The highest BCUT2D eigenvalue weighted by Gasteiger charge is 2.43. The van der Waals surface area contributed by atoms with Crippen LogP contribution in [0, 0.1) is 36.2 Å². The van der Waals surface area contributed by atoms with Crippen molar-refractivity contribution in [2.24, 2.45) is 11.8 Å². The van der Waals surface area contributed by atoms with Crippen molar-refractivity contribution in [2.75, 3.05) is 23.3 Å². The molecule has 1 saturated heterocycles. The van der Waals surface area contributed by atoms with Gasteiger partial charge in [-0.3, -0.25) is 0 Å². The number of rotatable bonds is 4. The fraction of sp³-hybridized carbons (Fsp3) is 0.520. The summed E-state index contributed by atoms with van der Waals surface area (Å²) >= 11 is 0. The lowest BCUT2D eigenvalue weighted by molar-refractivity contribution is 0.374. The van der Waals surface area contributed by atoms with E-state index in [1.165, 1.54) is 6.07 Å². The Morgan fingerprint density at radius 1 is 0.971 bits per heavy atom. The standard InChI is InChI=1S/C25H28F3N7/c1-14-10-20(30-13-29-14)34-11-15-5-6-16(12-34)23(15)31-25-32-24-18(4-2-3-9-35(24)33-25)17-7-8-19(26)22(28)21(17)27/h7-8,10,13,15-16,18,23H,2-6,9,11-12H2,1H3,(H,31,33)/t15-,16+,18-,23-/m0/s1. The van der Waals surface area contributed by atoms with Crippen molar-refractivity contribution in [2.45, 2.75) is 57.5 Å². The highest BCUT2D eigenvalue weighted by atomic mass is 19.2. The maximum absolute atomic E-state index is 14.7. The van der Waals surface area contributed by atoms with Gasteiger partial charge in [0.25, 0.3) is 0 Å². The Hall–Kier alpha value is -3.17. The number of nitrogens with zero attached hydrogens (tertiary/aromatic N) is 6. The molecular formula is C25H28F3N7. The number of fused-ring (bicyclic) bond motifs is 3. The molecule has 2 aromatic heterocycles. The van der Waals surface area contributed by atoms with Crippen LogP contribution in [0.4, 0.5) is 24.9 Å².